The summed E-state index contributed by atoms with van der Waals surface area (Å²) in [6.45, 7) is 3.01. The molecule has 1 N–H and O–H groups in total. The Labute approximate surface area is 124 Å². The average molecular weight is 297 g/mol. The zero-order chi connectivity index (χ0) is 14.5. The van der Waals surface area contributed by atoms with Crippen molar-refractivity contribution in [3.05, 3.63) is 11.9 Å². The maximum atomic E-state index is 12.3. The van der Waals surface area contributed by atoms with Gasteiger partial charge in [0.15, 0.2) is 5.16 Å². The van der Waals surface area contributed by atoms with Crippen molar-refractivity contribution in [3.63, 3.8) is 0 Å². The number of nitrogens with zero attached hydrogens (tertiary/aromatic N) is 3. The molecule has 0 aliphatic carbocycles. The van der Waals surface area contributed by atoms with Crippen molar-refractivity contribution in [2.24, 2.45) is 7.05 Å². The van der Waals surface area contributed by atoms with Crippen molar-refractivity contribution < 1.29 is 9.90 Å². The molecular weight excluding hydrogens is 274 g/mol. The van der Waals surface area contributed by atoms with E-state index in [1.54, 1.807) is 6.20 Å². The van der Waals surface area contributed by atoms with Crippen molar-refractivity contribution >= 4 is 17.7 Å². The molecule has 5 nitrogen and oxygen atoms in total. The number of aromatic nitrogens is 2. The van der Waals surface area contributed by atoms with E-state index < -0.39 is 0 Å². The van der Waals surface area contributed by atoms with Gasteiger partial charge in [-0.25, -0.2) is 4.98 Å². The van der Waals surface area contributed by atoms with Crippen LogP contribution >= 0.6 is 11.8 Å². The average Bonchev–Trinajstić information content (AvgIpc) is 2.85. The van der Waals surface area contributed by atoms with E-state index in [9.17, 15) is 4.79 Å². The first-order chi connectivity index (χ1) is 9.67. The zero-order valence-corrected chi connectivity index (χ0v) is 13.0. The van der Waals surface area contributed by atoms with Gasteiger partial charge in [0.1, 0.15) is 0 Å². The number of amides is 1. The number of likely N-dealkylation sites (tertiary alicyclic amines) is 1. The predicted octanol–water partition coefficient (Wildman–Crippen LogP) is 1.80. The second kappa shape index (κ2) is 7.13. The number of piperidine rings is 1. The molecule has 0 spiro atoms. The van der Waals surface area contributed by atoms with Crippen LogP contribution < -0.4 is 0 Å². The molecule has 1 aromatic rings. The van der Waals surface area contributed by atoms with Gasteiger partial charge in [0.2, 0.25) is 5.91 Å². The van der Waals surface area contributed by atoms with Gasteiger partial charge in [0, 0.05) is 19.6 Å². The predicted molar refractivity (Wildman–Crippen MR) is 79.5 cm³/mol. The van der Waals surface area contributed by atoms with Crippen molar-refractivity contribution in [1.82, 2.24) is 14.5 Å². The Balaban J connectivity index is 1.92. The molecule has 112 valence electrons. The van der Waals surface area contributed by atoms with E-state index >= 15 is 0 Å². The van der Waals surface area contributed by atoms with Crippen molar-refractivity contribution in [2.75, 3.05) is 12.3 Å². The number of imidazole rings is 1. The minimum atomic E-state index is -0.0258. The van der Waals surface area contributed by atoms with E-state index in [0.29, 0.717) is 11.8 Å². The Bertz CT molecular complexity index is 461. The molecule has 1 aromatic heterocycles. The van der Waals surface area contributed by atoms with Gasteiger partial charge >= 0.3 is 0 Å². The second-order valence-electron chi connectivity index (χ2n) is 5.18. The summed E-state index contributed by atoms with van der Waals surface area (Å²) in [7, 11) is 1.86. The van der Waals surface area contributed by atoms with E-state index in [1.807, 2.05) is 16.5 Å². The van der Waals surface area contributed by atoms with Gasteiger partial charge in [-0.3, -0.25) is 4.79 Å². The fourth-order valence-corrected chi connectivity index (χ4v) is 3.53. The van der Waals surface area contributed by atoms with E-state index in [0.717, 1.165) is 36.7 Å². The molecule has 1 amide bonds. The maximum absolute atomic E-state index is 12.3. The van der Waals surface area contributed by atoms with Crippen LogP contribution in [0.15, 0.2) is 11.4 Å². The molecule has 1 aliphatic heterocycles. The molecule has 20 heavy (non-hydrogen) atoms. The summed E-state index contributed by atoms with van der Waals surface area (Å²) in [5, 5.41) is 9.92. The minimum absolute atomic E-state index is 0.0258. The summed E-state index contributed by atoms with van der Waals surface area (Å²) >= 11 is 1.45. The lowest BCUT2D eigenvalue weighted by Gasteiger charge is -2.35. The highest BCUT2D eigenvalue weighted by atomic mass is 32.2. The number of hydrogen-bond acceptors (Lipinski definition) is 4. The van der Waals surface area contributed by atoms with Gasteiger partial charge in [-0.05, 0) is 25.7 Å². The van der Waals surface area contributed by atoms with Crippen molar-refractivity contribution in [2.45, 2.75) is 50.4 Å². The summed E-state index contributed by atoms with van der Waals surface area (Å²) in [5.74, 6) is 0.627. The fraction of sp³-hybridized carbons (Fsp3) is 0.714. The molecule has 2 heterocycles. The maximum Gasteiger partial charge on any atom is 0.233 e. The van der Waals surface area contributed by atoms with E-state index in [-0.39, 0.29) is 12.5 Å². The normalized spacial score (nSPS) is 19.4. The standard InChI is InChI=1S/C14H23N3O2S/c1-3-11-6-4-5-7-17(11)13(19)10-20-14-15-8-12(9-18)16(14)2/h8,11,18H,3-7,9-10H2,1-2H3. The second-order valence-corrected chi connectivity index (χ2v) is 6.13. The van der Waals surface area contributed by atoms with Crippen LogP contribution in [0, 0.1) is 0 Å². The summed E-state index contributed by atoms with van der Waals surface area (Å²) in [5.41, 5.74) is 0.768. The summed E-state index contributed by atoms with van der Waals surface area (Å²) in [6.07, 6.45) is 6.17. The van der Waals surface area contributed by atoms with Gasteiger partial charge in [0.25, 0.3) is 0 Å². The van der Waals surface area contributed by atoms with E-state index in [4.69, 9.17) is 5.11 Å². The van der Waals surface area contributed by atoms with Crippen LogP contribution in [0.1, 0.15) is 38.3 Å². The number of thioether (sulfide) groups is 1. The molecule has 2 rings (SSSR count). The molecule has 1 saturated heterocycles. The highest BCUT2D eigenvalue weighted by Gasteiger charge is 2.25. The first kappa shape index (κ1) is 15.4. The Morgan fingerprint density at radius 1 is 1.55 bits per heavy atom. The third kappa shape index (κ3) is 3.35. The smallest absolute Gasteiger partial charge is 0.233 e. The van der Waals surface area contributed by atoms with E-state index in [2.05, 4.69) is 11.9 Å². The van der Waals surface area contributed by atoms with E-state index in [1.165, 1.54) is 18.2 Å². The topological polar surface area (TPSA) is 58.4 Å². The highest BCUT2D eigenvalue weighted by molar-refractivity contribution is 7.99. The van der Waals surface area contributed by atoms with Crippen molar-refractivity contribution in [1.29, 1.82) is 0 Å². The Kier molecular flexibility index (Phi) is 5.48. The number of aliphatic hydroxyl groups is 1. The van der Waals surface area contributed by atoms with Gasteiger partial charge in [-0.1, -0.05) is 18.7 Å². The third-order valence-electron chi connectivity index (χ3n) is 3.95. The van der Waals surface area contributed by atoms with Crippen molar-refractivity contribution in [3.8, 4) is 0 Å². The van der Waals surface area contributed by atoms with Crippen LogP contribution in [-0.2, 0) is 18.4 Å². The number of carbonyl (C=O) groups excluding carboxylic acids is 1. The lowest BCUT2D eigenvalue weighted by atomic mass is 10.0. The monoisotopic (exact) mass is 297 g/mol. The molecule has 0 bridgehead atoms. The highest BCUT2D eigenvalue weighted by Crippen LogP contribution is 2.23. The molecule has 0 aromatic carbocycles. The van der Waals surface area contributed by atoms with Gasteiger partial charge < -0.3 is 14.6 Å². The largest absolute Gasteiger partial charge is 0.390 e. The number of carbonyl (C=O) groups is 1. The molecular formula is C14H23N3O2S. The molecule has 0 saturated carbocycles. The first-order valence-corrected chi connectivity index (χ1v) is 8.19. The van der Waals surface area contributed by atoms with Crippen LogP contribution in [0.25, 0.3) is 0 Å². The quantitative estimate of drug-likeness (QED) is 0.842. The Morgan fingerprint density at radius 3 is 3.00 bits per heavy atom. The number of aliphatic hydroxyl groups excluding tert-OH is 1. The third-order valence-corrected chi connectivity index (χ3v) is 4.98. The lowest BCUT2D eigenvalue weighted by molar-refractivity contribution is -0.132. The molecule has 1 atom stereocenters. The summed E-state index contributed by atoms with van der Waals surface area (Å²) in [4.78, 5) is 18.6. The molecule has 1 aliphatic rings. The van der Waals surface area contributed by atoms with Crippen LogP contribution in [0.2, 0.25) is 0 Å². The Morgan fingerprint density at radius 2 is 2.35 bits per heavy atom. The fourth-order valence-electron chi connectivity index (χ4n) is 2.67. The van der Waals surface area contributed by atoms with Gasteiger partial charge in [0.05, 0.1) is 24.3 Å². The summed E-state index contributed by atoms with van der Waals surface area (Å²) in [6, 6.07) is 0.409. The van der Waals surface area contributed by atoms with Crippen LogP contribution in [0.5, 0.6) is 0 Å². The summed E-state index contributed by atoms with van der Waals surface area (Å²) < 4.78 is 1.84. The zero-order valence-electron chi connectivity index (χ0n) is 12.2. The number of hydrogen-bond donors (Lipinski definition) is 1. The van der Waals surface area contributed by atoms with Crippen LogP contribution in [0.3, 0.4) is 0 Å². The lowest BCUT2D eigenvalue weighted by Crippen LogP contribution is -2.44. The van der Waals surface area contributed by atoms with Gasteiger partial charge in [-0.15, -0.1) is 0 Å². The van der Waals surface area contributed by atoms with Gasteiger partial charge in [-0.2, -0.15) is 0 Å². The molecule has 6 heteroatoms. The SMILES string of the molecule is CCC1CCCCN1C(=O)CSc1ncc(CO)n1C. The minimum Gasteiger partial charge on any atom is -0.390 e. The first-order valence-electron chi connectivity index (χ1n) is 7.21. The molecule has 0 radical (unpaired) electrons. The number of rotatable bonds is 5. The molecule has 1 unspecified atom stereocenters. The Hall–Kier alpha value is -1.01. The van der Waals surface area contributed by atoms with Crippen LogP contribution in [0.4, 0.5) is 0 Å². The molecule has 1 fully saturated rings. The van der Waals surface area contributed by atoms with Crippen LogP contribution in [-0.4, -0.2) is 43.8 Å².